The van der Waals surface area contributed by atoms with E-state index in [4.69, 9.17) is 88.6 Å². The molecule has 0 saturated heterocycles. The third kappa shape index (κ3) is 7.02. The molecule has 3 rings (SSSR count). The van der Waals surface area contributed by atoms with Gasteiger partial charge in [0.2, 0.25) is 7.59 Å². The van der Waals surface area contributed by atoms with E-state index in [-0.39, 0.29) is 24.5 Å². The van der Waals surface area contributed by atoms with Gasteiger partial charge in [-0.3, -0.25) is 4.79 Å². The van der Waals surface area contributed by atoms with Gasteiger partial charge in [0, 0.05) is 23.2 Å². The molecule has 0 radical (unpaired) electrons. The normalized spacial score (nSPS) is 32.9. The zero-order chi connectivity index (χ0) is 29.6. The highest BCUT2D eigenvalue weighted by atomic mass is 35.6. The van der Waals surface area contributed by atoms with Crippen molar-refractivity contribution in [1.82, 2.24) is 0 Å². The molecule has 2 bridgehead atoms. The van der Waals surface area contributed by atoms with Crippen molar-refractivity contribution in [1.29, 1.82) is 0 Å². The zero-order valence-electron chi connectivity index (χ0n) is 22.5. The van der Waals surface area contributed by atoms with Crippen molar-refractivity contribution in [3.05, 3.63) is 11.1 Å². The Morgan fingerprint density at radius 2 is 1.51 bits per heavy atom. The Morgan fingerprint density at radius 3 is 2.08 bits per heavy atom. The predicted molar refractivity (Wildman–Crippen MR) is 152 cm³/mol. The first-order chi connectivity index (χ1) is 17.7. The fraction of sp³-hybridized carbons (Fsp3) is 0.808. The number of carbonyl (C=O) groups excluding carboxylic acids is 3. The van der Waals surface area contributed by atoms with Gasteiger partial charge >= 0.3 is 12.3 Å². The fourth-order valence-electron chi connectivity index (χ4n) is 6.87. The van der Waals surface area contributed by atoms with E-state index >= 15 is 0 Å². The minimum Gasteiger partial charge on any atom is -0.430 e. The predicted octanol–water partition coefficient (Wildman–Crippen LogP) is 8.69. The van der Waals surface area contributed by atoms with Crippen LogP contribution in [-0.4, -0.2) is 50.6 Å². The Kier molecular flexibility index (Phi) is 10.0. The number of hydrogen-bond acceptors (Lipinski definition) is 7. The maximum Gasteiger partial charge on any atom is 0.509 e. The topological polar surface area (TPSA) is 88.1 Å². The third-order valence-electron chi connectivity index (χ3n) is 8.86. The Bertz CT molecular complexity index is 1020. The molecule has 2 saturated carbocycles. The number of rotatable bonds is 4. The van der Waals surface area contributed by atoms with E-state index in [2.05, 4.69) is 0 Å². The standard InChI is InChI=1S/C26H34Cl6O7/c1-14-8-10-24(39-21(35)37-13-26(30,31)32)19(38-20(34)36-12-25(27,28)29)18-15(2)7-6-9-23(18,5)17(33)11-16(14)22(24,3)4/h15,18-19H,6-13H2,1-5H3/t15-,18+,19?,23+,24-/m1/s1. The number of carbonyl (C=O) groups is 3. The average Bonchev–Trinajstić information content (AvgIpc) is 2.79. The molecule has 0 heterocycles. The monoisotopic (exact) mass is 668 g/mol. The first-order valence-corrected chi connectivity index (χ1v) is 15.1. The highest BCUT2D eigenvalue weighted by molar-refractivity contribution is 6.68. The molecule has 1 unspecified atom stereocenters. The van der Waals surface area contributed by atoms with E-state index in [0.29, 0.717) is 12.8 Å². The lowest BCUT2D eigenvalue weighted by Gasteiger charge is -2.60. The lowest BCUT2D eigenvalue weighted by atomic mass is 9.48. The minimum absolute atomic E-state index is 0.0546. The molecular weight excluding hydrogens is 637 g/mol. The summed E-state index contributed by atoms with van der Waals surface area (Å²) in [6, 6.07) is 0. The number of allylic oxidation sites excluding steroid dienone is 1. The summed E-state index contributed by atoms with van der Waals surface area (Å²) in [5.74, 6) is -0.529. The third-order valence-corrected chi connectivity index (χ3v) is 9.51. The van der Waals surface area contributed by atoms with Gasteiger partial charge in [0.25, 0.3) is 0 Å². The van der Waals surface area contributed by atoms with E-state index < -0.39 is 61.6 Å². The number of ketones is 1. The van der Waals surface area contributed by atoms with E-state index in [1.165, 1.54) is 0 Å². The first-order valence-electron chi connectivity index (χ1n) is 12.8. The number of hydrogen-bond donors (Lipinski definition) is 0. The van der Waals surface area contributed by atoms with Gasteiger partial charge in [0.15, 0.2) is 5.60 Å². The van der Waals surface area contributed by atoms with Crippen LogP contribution in [0.3, 0.4) is 0 Å². The summed E-state index contributed by atoms with van der Waals surface area (Å²) >= 11 is 34.7. The molecule has 0 aromatic rings. The molecule has 13 heteroatoms. The molecule has 0 aromatic carbocycles. The van der Waals surface area contributed by atoms with Crippen molar-refractivity contribution in [3.63, 3.8) is 0 Å². The number of ether oxygens (including phenoxy) is 4. The Morgan fingerprint density at radius 1 is 0.949 bits per heavy atom. The second kappa shape index (κ2) is 11.8. The number of Topliss-reactive ketones (excluding diaryl/α,β-unsaturated/α-hetero) is 1. The molecule has 0 aliphatic heterocycles. The van der Waals surface area contributed by atoms with Crippen LogP contribution in [0.2, 0.25) is 0 Å². The van der Waals surface area contributed by atoms with Gasteiger partial charge in [-0.2, -0.15) is 0 Å². The largest absolute Gasteiger partial charge is 0.509 e. The minimum atomic E-state index is -1.87. The van der Waals surface area contributed by atoms with Crippen LogP contribution in [0.1, 0.15) is 73.1 Å². The Labute approximate surface area is 259 Å². The second-order valence-electron chi connectivity index (χ2n) is 11.6. The lowest BCUT2D eigenvalue weighted by molar-refractivity contribution is -0.213. The van der Waals surface area contributed by atoms with Crippen LogP contribution >= 0.6 is 69.6 Å². The summed E-state index contributed by atoms with van der Waals surface area (Å²) in [5, 5.41) is 0. The molecule has 5 atom stereocenters. The summed E-state index contributed by atoms with van der Waals surface area (Å²) < 4.78 is 18.8. The fourth-order valence-corrected chi connectivity index (χ4v) is 7.20. The smallest absolute Gasteiger partial charge is 0.430 e. The summed E-state index contributed by atoms with van der Waals surface area (Å²) in [6.07, 6.45) is -0.143. The van der Waals surface area contributed by atoms with Crippen molar-refractivity contribution >= 4 is 87.7 Å². The highest BCUT2D eigenvalue weighted by Crippen LogP contribution is 2.61. The highest BCUT2D eigenvalue weighted by Gasteiger charge is 2.67. The van der Waals surface area contributed by atoms with Gasteiger partial charge in [-0.1, -0.05) is 121 Å². The molecule has 2 fully saturated rings. The van der Waals surface area contributed by atoms with Crippen molar-refractivity contribution in [2.75, 3.05) is 13.2 Å². The van der Waals surface area contributed by atoms with E-state index in [0.717, 1.165) is 24.0 Å². The molecule has 39 heavy (non-hydrogen) atoms. The zero-order valence-corrected chi connectivity index (χ0v) is 27.1. The van der Waals surface area contributed by atoms with Crippen LogP contribution < -0.4 is 0 Å². The summed E-state index contributed by atoms with van der Waals surface area (Å²) in [6.45, 7) is 8.50. The van der Waals surface area contributed by atoms with E-state index in [1.807, 2.05) is 34.6 Å². The maximum absolute atomic E-state index is 14.0. The Balaban J connectivity index is 2.19. The van der Waals surface area contributed by atoms with Crippen LogP contribution in [0.15, 0.2) is 11.1 Å². The summed E-state index contributed by atoms with van der Waals surface area (Å²) in [7, 11) is 0. The van der Waals surface area contributed by atoms with Crippen LogP contribution in [0, 0.1) is 22.7 Å². The van der Waals surface area contributed by atoms with Crippen molar-refractivity contribution in [3.8, 4) is 0 Å². The SMILES string of the molecule is CC1=C2CC(=O)[C@]3(C)CCC[C@@H](C)[C@H]3C(OC(=O)OCC(Cl)(Cl)Cl)[C@](OC(=O)OCC(Cl)(Cl)Cl)(CC1)C2(C)C. The number of fused-ring (bicyclic) bond motifs is 3. The van der Waals surface area contributed by atoms with Crippen molar-refractivity contribution in [2.24, 2.45) is 22.7 Å². The molecule has 0 spiro atoms. The quantitative estimate of drug-likeness (QED) is 0.168. The average molecular weight is 671 g/mol. The molecule has 0 N–H and O–H groups in total. The Hall–Kier alpha value is -0.310. The molecule has 0 aromatic heterocycles. The first kappa shape index (κ1) is 33.2. The molecule has 222 valence electrons. The van der Waals surface area contributed by atoms with Crippen LogP contribution in [0.5, 0.6) is 0 Å². The number of alkyl halides is 6. The van der Waals surface area contributed by atoms with Gasteiger partial charge in [-0.25, -0.2) is 9.59 Å². The van der Waals surface area contributed by atoms with E-state index in [1.54, 1.807) is 0 Å². The van der Waals surface area contributed by atoms with Gasteiger partial charge in [0.05, 0.1) is 0 Å². The molecule has 7 nitrogen and oxygen atoms in total. The van der Waals surface area contributed by atoms with Gasteiger partial charge in [-0.05, 0) is 32.1 Å². The van der Waals surface area contributed by atoms with E-state index in [9.17, 15) is 14.4 Å². The maximum atomic E-state index is 14.0. The van der Waals surface area contributed by atoms with Gasteiger partial charge < -0.3 is 18.9 Å². The number of halogens is 6. The molecular formula is C26H34Cl6O7. The molecule has 3 aliphatic carbocycles. The van der Waals surface area contributed by atoms with Crippen LogP contribution in [0.25, 0.3) is 0 Å². The summed E-state index contributed by atoms with van der Waals surface area (Å²) in [4.78, 5) is 40.3. The molecule has 0 amide bonds. The second-order valence-corrected chi connectivity index (χ2v) is 16.7. The lowest BCUT2D eigenvalue weighted by Crippen LogP contribution is -2.67. The van der Waals surface area contributed by atoms with Crippen molar-refractivity contribution in [2.45, 2.75) is 92.4 Å². The summed E-state index contributed by atoms with van der Waals surface area (Å²) in [5.41, 5.74) is -1.43. The molecule has 3 aliphatic rings. The van der Waals surface area contributed by atoms with Crippen LogP contribution in [-0.2, 0) is 23.7 Å². The van der Waals surface area contributed by atoms with Gasteiger partial charge in [-0.15, -0.1) is 0 Å². The van der Waals surface area contributed by atoms with Gasteiger partial charge in [0.1, 0.15) is 25.1 Å². The van der Waals surface area contributed by atoms with Crippen LogP contribution in [0.4, 0.5) is 9.59 Å². The van der Waals surface area contributed by atoms with Crippen molar-refractivity contribution < 1.29 is 33.3 Å².